The van der Waals surface area contributed by atoms with Gasteiger partial charge >= 0.3 is 0 Å². The van der Waals surface area contributed by atoms with E-state index >= 15 is 0 Å². The lowest BCUT2D eigenvalue weighted by molar-refractivity contribution is -0.101. The molecule has 1 aromatic carbocycles. The van der Waals surface area contributed by atoms with Crippen molar-refractivity contribution in [2.75, 3.05) is 26.4 Å². The van der Waals surface area contributed by atoms with Crippen molar-refractivity contribution >= 4 is 10.1 Å². The van der Waals surface area contributed by atoms with Gasteiger partial charge in [-0.05, 0) is 19.1 Å². The van der Waals surface area contributed by atoms with Gasteiger partial charge in [-0.3, -0.25) is 4.18 Å². The molecule has 1 fully saturated rings. The molecule has 100 valence electrons. The number of hydrogen-bond donors (Lipinski definition) is 0. The zero-order valence-electron chi connectivity index (χ0n) is 10.2. The van der Waals surface area contributed by atoms with Crippen LogP contribution in [0.1, 0.15) is 5.56 Å². The first kappa shape index (κ1) is 13.5. The minimum absolute atomic E-state index is 0.0176. The van der Waals surface area contributed by atoms with Crippen molar-refractivity contribution in [1.29, 1.82) is 0 Å². The Kier molecular flexibility index (Phi) is 4.34. The maximum absolute atomic E-state index is 11.9. The van der Waals surface area contributed by atoms with Gasteiger partial charge in [0.2, 0.25) is 0 Å². The maximum atomic E-state index is 11.9. The van der Waals surface area contributed by atoms with Crippen molar-refractivity contribution in [3.8, 4) is 0 Å². The molecule has 18 heavy (non-hydrogen) atoms. The predicted octanol–water partition coefficient (Wildman–Crippen LogP) is 1.12. The summed E-state index contributed by atoms with van der Waals surface area (Å²) < 4.78 is 39.2. The molecule has 1 heterocycles. The van der Waals surface area contributed by atoms with Gasteiger partial charge in [0, 0.05) is 0 Å². The summed E-state index contributed by atoms with van der Waals surface area (Å²) in [5.74, 6) is 0. The molecule has 1 aliphatic rings. The molecule has 0 spiro atoms. The predicted molar refractivity (Wildman–Crippen MR) is 64.9 cm³/mol. The van der Waals surface area contributed by atoms with E-state index in [0.717, 1.165) is 5.56 Å². The van der Waals surface area contributed by atoms with E-state index in [0.29, 0.717) is 19.8 Å². The third-order valence-corrected chi connectivity index (χ3v) is 3.90. The summed E-state index contributed by atoms with van der Waals surface area (Å²) in [5, 5.41) is 0. The summed E-state index contributed by atoms with van der Waals surface area (Å²) in [6.45, 7) is 3.25. The Bertz CT molecular complexity index is 474. The number of hydrogen-bond acceptors (Lipinski definition) is 5. The van der Waals surface area contributed by atoms with E-state index in [1.54, 1.807) is 12.1 Å². The quantitative estimate of drug-likeness (QED) is 0.769. The molecule has 2 rings (SSSR count). The second-order valence-electron chi connectivity index (χ2n) is 4.12. The minimum atomic E-state index is -3.71. The summed E-state index contributed by atoms with van der Waals surface area (Å²) in [5.41, 5.74) is 0.998. The molecular formula is C12H16O5S. The van der Waals surface area contributed by atoms with E-state index in [-0.39, 0.29) is 17.6 Å². The number of ether oxygens (including phenoxy) is 2. The highest BCUT2D eigenvalue weighted by Crippen LogP contribution is 2.14. The Morgan fingerprint density at radius 1 is 1.28 bits per heavy atom. The van der Waals surface area contributed by atoms with Gasteiger partial charge in [0.15, 0.2) is 0 Å². The smallest absolute Gasteiger partial charge is 0.297 e. The van der Waals surface area contributed by atoms with Crippen molar-refractivity contribution in [1.82, 2.24) is 0 Å². The fourth-order valence-electron chi connectivity index (χ4n) is 1.57. The first-order valence-corrected chi connectivity index (χ1v) is 7.14. The Balaban J connectivity index is 1.96. The highest BCUT2D eigenvalue weighted by atomic mass is 32.2. The molecule has 1 aliphatic heterocycles. The number of aryl methyl sites for hydroxylation is 1. The van der Waals surface area contributed by atoms with Crippen LogP contribution < -0.4 is 0 Å². The molecule has 0 radical (unpaired) electrons. The third kappa shape index (κ3) is 3.52. The van der Waals surface area contributed by atoms with Crippen LogP contribution >= 0.6 is 0 Å². The molecule has 1 atom stereocenters. The van der Waals surface area contributed by atoms with Crippen molar-refractivity contribution in [2.45, 2.75) is 17.9 Å². The molecule has 0 unspecified atom stereocenters. The van der Waals surface area contributed by atoms with Crippen molar-refractivity contribution in [3.05, 3.63) is 29.8 Å². The molecule has 0 bridgehead atoms. The largest absolute Gasteiger partial charge is 0.376 e. The van der Waals surface area contributed by atoms with Gasteiger partial charge in [-0.2, -0.15) is 8.42 Å². The zero-order valence-corrected chi connectivity index (χ0v) is 11.0. The lowest BCUT2D eigenvalue weighted by atomic mass is 10.2. The third-order valence-electron chi connectivity index (χ3n) is 2.60. The number of rotatable bonds is 4. The molecule has 5 nitrogen and oxygen atoms in total. The fraction of sp³-hybridized carbons (Fsp3) is 0.500. The highest BCUT2D eigenvalue weighted by molar-refractivity contribution is 7.86. The standard InChI is InChI=1S/C12H16O5S/c1-10-2-4-12(5-3-10)18(13,14)17-9-11-8-15-6-7-16-11/h2-5,11H,6-9H2,1H3/t11-/m0/s1. The van der Waals surface area contributed by atoms with E-state index < -0.39 is 10.1 Å². The van der Waals surface area contributed by atoms with E-state index in [9.17, 15) is 8.42 Å². The van der Waals surface area contributed by atoms with Gasteiger partial charge in [0.1, 0.15) is 6.10 Å². The summed E-state index contributed by atoms with van der Waals surface area (Å²) in [7, 11) is -3.71. The van der Waals surface area contributed by atoms with Gasteiger partial charge in [-0.25, -0.2) is 0 Å². The Morgan fingerprint density at radius 3 is 2.61 bits per heavy atom. The monoisotopic (exact) mass is 272 g/mol. The van der Waals surface area contributed by atoms with Crippen LogP contribution in [0.4, 0.5) is 0 Å². The van der Waals surface area contributed by atoms with E-state index in [1.165, 1.54) is 12.1 Å². The van der Waals surface area contributed by atoms with Crippen LogP contribution in [-0.4, -0.2) is 40.9 Å². The van der Waals surface area contributed by atoms with E-state index in [1.807, 2.05) is 6.92 Å². The maximum Gasteiger partial charge on any atom is 0.297 e. The first-order chi connectivity index (χ1) is 8.58. The Labute approximate surface area is 107 Å². The van der Waals surface area contributed by atoms with Crippen LogP contribution in [0.3, 0.4) is 0 Å². The Morgan fingerprint density at radius 2 is 2.00 bits per heavy atom. The van der Waals surface area contributed by atoms with E-state index in [2.05, 4.69) is 0 Å². The van der Waals surface area contributed by atoms with Gasteiger partial charge < -0.3 is 9.47 Å². The van der Waals surface area contributed by atoms with Crippen LogP contribution in [0.25, 0.3) is 0 Å². The molecular weight excluding hydrogens is 256 g/mol. The van der Waals surface area contributed by atoms with Crippen molar-refractivity contribution in [3.63, 3.8) is 0 Å². The molecule has 0 aliphatic carbocycles. The SMILES string of the molecule is Cc1ccc(S(=O)(=O)OC[C@@H]2COCCO2)cc1. The minimum Gasteiger partial charge on any atom is -0.376 e. The molecule has 0 saturated carbocycles. The molecule has 0 aromatic heterocycles. The molecule has 1 aromatic rings. The van der Waals surface area contributed by atoms with Gasteiger partial charge in [0.25, 0.3) is 10.1 Å². The molecule has 0 amide bonds. The Hall–Kier alpha value is -0.950. The van der Waals surface area contributed by atoms with Crippen LogP contribution in [0.15, 0.2) is 29.2 Å². The van der Waals surface area contributed by atoms with Crippen LogP contribution in [0.5, 0.6) is 0 Å². The topological polar surface area (TPSA) is 61.8 Å². The summed E-state index contributed by atoms with van der Waals surface area (Å²) in [4.78, 5) is 0.157. The summed E-state index contributed by atoms with van der Waals surface area (Å²) in [6, 6.07) is 6.53. The average Bonchev–Trinajstić information content (AvgIpc) is 2.38. The highest BCUT2D eigenvalue weighted by Gasteiger charge is 2.20. The average molecular weight is 272 g/mol. The lowest BCUT2D eigenvalue weighted by Gasteiger charge is -2.22. The van der Waals surface area contributed by atoms with Gasteiger partial charge in [0.05, 0.1) is 31.3 Å². The summed E-state index contributed by atoms with van der Waals surface area (Å²) in [6.07, 6.45) is -0.320. The van der Waals surface area contributed by atoms with Crippen LogP contribution in [0.2, 0.25) is 0 Å². The van der Waals surface area contributed by atoms with Crippen LogP contribution in [-0.2, 0) is 23.8 Å². The second-order valence-corrected chi connectivity index (χ2v) is 5.73. The number of benzene rings is 1. The zero-order chi connectivity index (χ0) is 13.0. The fourth-order valence-corrected chi connectivity index (χ4v) is 2.51. The van der Waals surface area contributed by atoms with Gasteiger partial charge in [-0.15, -0.1) is 0 Å². The van der Waals surface area contributed by atoms with Crippen molar-refractivity contribution < 1.29 is 22.1 Å². The second kappa shape index (κ2) is 5.79. The molecule has 0 N–H and O–H groups in total. The van der Waals surface area contributed by atoms with Gasteiger partial charge in [-0.1, -0.05) is 17.7 Å². The first-order valence-electron chi connectivity index (χ1n) is 5.73. The summed E-state index contributed by atoms with van der Waals surface area (Å²) >= 11 is 0. The van der Waals surface area contributed by atoms with Crippen LogP contribution in [0, 0.1) is 6.92 Å². The van der Waals surface area contributed by atoms with E-state index in [4.69, 9.17) is 13.7 Å². The normalized spacial score (nSPS) is 20.8. The van der Waals surface area contributed by atoms with Crippen molar-refractivity contribution in [2.24, 2.45) is 0 Å². The molecule has 1 saturated heterocycles. The molecule has 6 heteroatoms. The lowest BCUT2D eigenvalue weighted by Crippen LogP contribution is -2.33.